The van der Waals surface area contributed by atoms with Gasteiger partial charge in [-0.15, -0.1) is 11.3 Å². The van der Waals surface area contributed by atoms with Crippen molar-refractivity contribution in [1.29, 1.82) is 0 Å². The van der Waals surface area contributed by atoms with Crippen LogP contribution >= 0.6 is 22.9 Å². The molecule has 5 rings (SSSR count). The van der Waals surface area contributed by atoms with Crippen LogP contribution in [-0.4, -0.2) is 65.5 Å². The molecular weight excluding hydrogens is 626 g/mol. The van der Waals surface area contributed by atoms with Crippen LogP contribution in [-0.2, 0) is 24.3 Å². The number of sulfonamides is 1. The minimum Gasteiger partial charge on any atom is -0.481 e. The van der Waals surface area contributed by atoms with E-state index in [9.17, 15) is 31.9 Å². The lowest BCUT2D eigenvalue weighted by molar-refractivity contribution is -0.142. The van der Waals surface area contributed by atoms with E-state index in [1.165, 1.54) is 21.7 Å². The third kappa shape index (κ3) is 6.33. The molecule has 1 saturated heterocycles. The number of aromatic nitrogens is 1. The van der Waals surface area contributed by atoms with Gasteiger partial charge in [-0.05, 0) is 51.5 Å². The Morgan fingerprint density at radius 2 is 1.86 bits per heavy atom. The van der Waals surface area contributed by atoms with E-state index in [2.05, 4.69) is 15.3 Å². The Labute approximate surface area is 256 Å². The maximum Gasteiger partial charge on any atom is 0.338 e. The normalized spacial score (nSPS) is 23.9. The second kappa shape index (κ2) is 13.0. The summed E-state index contributed by atoms with van der Waals surface area (Å²) in [7, 11) is -3.66. The summed E-state index contributed by atoms with van der Waals surface area (Å²) in [6.45, 7) is 2.07. The highest BCUT2D eigenvalue weighted by atomic mass is 35.5. The van der Waals surface area contributed by atoms with Crippen LogP contribution in [0.4, 0.5) is 8.78 Å². The highest BCUT2D eigenvalue weighted by Gasteiger charge is 2.42. The van der Waals surface area contributed by atoms with Crippen LogP contribution in [0.1, 0.15) is 62.1 Å². The molecule has 1 saturated carbocycles. The van der Waals surface area contributed by atoms with Crippen LogP contribution < -0.4 is 5.32 Å². The van der Waals surface area contributed by atoms with E-state index >= 15 is 0 Å². The van der Waals surface area contributed by atoms with Crippen molar-refractivity contribution in [1.82, 2.24) is 14.6 Å². The third-order valence-electron chi connectivity index (χ3n) is 8.23. The maximum atomic E-state index is 14.6. The number of thiazole rings is 1. The number of nitrogens with zero attached hydrogens (tertiary/aromatic N) is 3. The molecule has 3 aliphatic rings. The number of allylic oxidation sites excluding steroid dienone is 1. The van der Waals surface area contributed by atoms with Crippen LogP contribution in [0.3, 0.4) is 0 Å². The van der Waals surface area contributed by atoms with Gasteiger partial charge in [0.05, 0.1) is 28.4 Å². The maximum absolute atomic E-state index is 14.6. The van der Waals surface area contributed by atoms with E-state index < -0.39 is 55.8 Å². The number of carbonyl (C=O) groups is 2. The van der Waals surface area contributed by atoms with Crippen LogP contribution in [0.2, 0.25) is 5.02 Å². The molecule has 0 radical (unpaired) electrons. The predicted molar refractivity (Wildman–Crippen MR) is 156 cm³/mol. The van der Waals surface area contributed by atoms with Crippen LogP contribution in [0.15, 0.2) is 40.0 Å². The molecule has 15 heteroatoms. The standard InChI is InChI=1S/C28H31ClF2N4O6S2/c1-2-41-28(38)20-23(15-9-12-35(13-10-15)43(39,40)17-5-3-16(4-6-17)27(36)37)33-25(26-32-11-14-42-26)34-24(20)18-7-8-19(30)22(31)21(18)29/h7-8,11,14-17,24H,2-6,9-10,12-13H2,1H3,(H,33,34)(H,36,37)/t16?,17?,24-/m0/s1. The van der Waals surface area contributed by atoms with Gasteiger partial charge in [0.25, 0.3) is 0 Å². The van der Waals surface area contributed by atoms with Gasteiger partial charge in [-0.3, -0.25) is 9.79 Å². The van der Waals surface area contributed by atoms with Crippen LogP contribution in [0.5, 0.6) is 0 Å². The summed E-state index contributed by atoms with van der Waals surface area (Å²) in [4.78, 5) is 33.7. The fraction of sp³-hybridized carbons (Fsp3) is 0.500. The van der Waals surface area contributed by atoms with E-state index in [1.807, 2.05) is 0 Å². The third-order valence-corrected chi connectivity index (χ3v) is 11.8. The number of carboxylic acid groups (broad SMARTS) is 1. The Hall–Kier alpha value is -2.94. The molecule has 0 unspecified atom stereocenters. The van der Waals surface area contributed by atoms with Gasteiger partial charge in [0, 0.05) is 41.8 Å². The first-order valence-corrected chi connectivity index (χ1v) is 16.8. The van der Waals surface area contributed by atoms with Gasteiger partial charge in [-0.25, -0.2) is 31.3 Å². The van der Waals surface area contributed by atoms with Crippen molar-refractivity contribution in [2.45, 2.75) is 56.7 Å². The van der Waals surface area contributed by atoms with Crippen LogP contribution in [0, 0.1) is 23.5 Å². The summed E-state index contributed by atoms with van der Waals surface area (Å²) in [5.41, 5.74) is 0.612. The first-order valence-electron chi connectivity index (χ1n) is 14.0. The summed E-state index contributed by atoms with van der Waals surface area (Å²) in [5, 5.41) is 13.6. The van der Waals surface area contributed by atoms with Crippen molar-refractivity contribution in [3.05, 3.63) is 62.2 Å². The lowest BCUT2D eigenvalue weighted by atomic mass is 9.86. The molecule has 1 aromatic carbocycles. The Kier molecular flexibility index (Phi) is 9.49. The smallest absolute Gasteiger partial charge is 0.338 e. The molecule has 10 nitrogen and oxygen atoms in total. The number of carbonyl (C=O) groups excluding carboxylic acids is 1. The quantitative estimate of drug-likeness (QED) is 0.309. The number of carboxylic acids is 1. The molecule has 0 amide bonds. The summed E-state index contributed by atoms with van der Waals surface area (Å²) >= 11 is 7.55. The second-order valence-electron chi connectivity index (χ2n) is 10.7. The number of amidine groups is 1. The minimum absolute atomic E-state index is 0.0533. The summed E-state index contributed by atoms with van der Waals surface area (Å²) < 4.78 is 62.4. The molecular formula is C28H31ClF2N4O6S2. The van der Waals surface area contributed by atoms with Gasteiger partial charge in [-0.2, -0.15) is 0 Å². The SMILES string of the molecule is CCOC(=O)C1=C(C2CCN(S(=O)(=O)C3CCC(C(=O)O)CC3)CC2)NC(c2nccs2)=N[C@H]1c1ccc(F)c(F)c1Cl. The lowest BCUT2D eigenvalue weighted by Crippen LogP contribution is -2.46. The number of piperidine rings is 1. The van der Waals surface area contributed by atoms with Crippen molar-refractivity contribution in [3.63, 3.8) is 0 Å². The zero-order chi connectivity index (χ0) is 30.9. The molecule has 1 atom stereocenters. The number of hydrogen-bond acceptors (Lipinski definition) is 9. The number of aliphatic imine (C=N–C) groups is 1. The number of halogens is 3. The molecule has 1 aromatic heterocycles. The first kappa shape index (κ1) is 31.5. The number of ether oxygens (including phenoxy) is 1. The summed E-state index contributed by atoms with van der Waals surface area (Å²) in [5.74, 6) is -4.54. The van der Waals surface area contributed by atoms with E-state index in [4.69, 9.17) is 16.3 Å². The van der Waals surface area contributed by atoms with Crippen molar-refractivity contribution >= 4 is 50.7 Å². The molecule has 2 aromatic rings. The van der Waals surface area contributed by atoms with Gasteiger partial charge in [0.1, 0.15) is 6.04 Å². The van der Waals surface area contributed by atoms with Crippen molar-refractivity contribution in [2.75, 3.05) is 19.7 Å². The summed E-state index contributed by atoms with van der Waals surface area (Å²) in [6, 6.07) is 1.07. The minimum atomic E-state index is -3.66. The topological polar surface area (TPSA) is 138 Å². The zero-order valence-corrected chi connectivity index (χ0v) is 25.7. The molecule has 1 aliphatic carbocycles. The average Bonchev–Trinajstić information content (AvgIpc) is 3.55. The molecule has 2 N–H and O–H groups in total. The van der Waals surface area contributed by atoms with E-state index in [0.29, 0.717) is 55.1 Å². The monoisotopic (exact) mass is 656 g/mol. The Morgan fingerprint density at radius 3 is 2.47 bits per heavy atom. The average molecular weight is 657 g/mol. The molecule has 3 heterocycles. The molecule has 232 valence electrons. The number of esters is 1. The lowest BCUT2D eigenvalue weighted by Gasteiger charge is -2.38. The van der Waals surface area contributed by atoms with E-state index in [0.717, 1.165) is 6.07 Å². The summed E-state index contributed by atoms with van der Waals surface area (Å²) in [6.07, 6.45) is 3.54. The Balaban J connectivity index is 1.46. The fourth-order valence-corrected chi connectivity index (χ4v) is 8.82. The highest BCUT2D eigenvalue weighted by Crippen LogP contribution is 2.41. The molecule has 43 heavy (non-hydrogen) atoms. The van der Waals surface area contributed by atoms with E-state index in [1.54, 1.807) is 18.5 Å². The number of aliphatic carboxylic acids is 1. The highest BCUT2D eigenvalue weighted by molar-refractivity contribution is 7.89. The number of benzene rings is 1. The first-order chi connectivity index (χ1) is 20.5. The molecule has 0 spiro atoms. The van der Waals surface area contributed by atoms with Crippen LogP contribution in [0.25, 0.3) is 0 Å². The Bertz CT molecular complexity index is 1550. The van der Waals surface area contributed by atoms with Crippen molar-refractivity contribution in [3.8, 4) is 0 Å². The van der Waals surface area contributed by atoms with Gasteiger partial charge < -0.3 is 15.2 Å². The van der Waals surface area contributed by atoms with Gasteiger partial charge in [0.15, 0.2) is 22.5 Å². The second-order valence-corrected chi connectivity index (χ2v) is 14.2. The Morgan fingerprint density at radius 1 is 1.16 bits per heavy atom. The number of rotatable bonds is 8. The number of nitrogens with one attached hydrogen (secondary N) is 1. The molecule has 0 bridgehead atoms. The molecule has 2 fully saturated rings. The number of hydrogen-bond donors (Lipinski definition) is 2. The predicted octanol–water partition coefficient (Wildman–Crippen LogP) is 4.67. The largest absolute Gasteiger partial charge is 0.481 e. The van der Waals surface area contributed by atoms with Crippen molar-refractivity contribution in [2.24, 2.45) is 16.8 Å². The zero-order valence-electron chi connectivity index (χ0n) is 23.3. The van der Waals surface area contributed by atoms with Crippen molar-refractivity contribution < 1.29 is 36.6 Å². The fourth-order valence-electron chi connectivity index (χ4n) is 5.96. The van der Waals surface area contributed by atoms with Gasteiger partial charge >= 0.3 is 11.9 Å². The molecule has 2 aliphatic heterocycles. The van der Waals surface area contributed by atoms with E-state index in [-0.39, 0.29) is 36.8 Å². The van der Waals surface area contributed by atoms with Gasteiger partial charge in [0.2, 0.25) is 10.0 Å². The van der Waals surface area contributed by atoms with Gasteiger partial charge in [-0.1, -0.05) is 17.7 Å².